The fraction of sp³-hybridized carbons (Fsp3) is 0.211. The van der Waals surface area contributed by atoms with Crippen molar-refractivity contribution in [3.63, 3.8) is 0 Å². The number of carbonyl (C=O) groups is 3. The predicted octanol–water partition coefficient (Wildman–Crippen LogP) is 3.42. The maximum Gasteiger partial charge on any atom is 0.329 e. The van der Waals surface area contributed by atoms with Gasteiger partial charge in [0.05, 0.1) is 10.7 Å². The minimum absolute atomic E-state index is 0.372. The third-order valence-corrected chi connectivity index (χ3v) is 3.86. The van der Waals surface area contributed by atoms with Crippen LogP contribution in [0, 0.1) is 0 Å². The van der Waals surface area contributed by atoms with Crippen LogP contribution in [-0.2, 0) is 14.3 Å². The molecule has 27 heavy (non-hydrogen) atoms. The van der Waals surface area contributed by atoms with Crippen molar-refractivity contribution in [1.29, 1.82) is 0 Å². The molecule has 8 heteroatoms. The van der Waals surface area contributed by atoms with E-state index < -0.39 is 30.1 Å². The van der Waals surface area contributed by atoms with Gasteiger partial charge in [-0.2, -0.15) is 0 Å². The normalized spacial score (nSPS) is 12.4. The Labute approximate surface area is 162 Å². The maximum absolute atomic E-state index is 12.1. The molecule has 0 saturated heterocycles. The van der Waals surface area contributed by atoms with E-state index in [0.717, 1.165) is 0 Å². The number of ether oxygens (including phenoxy) is 1. The number of carbonyl (C=O) groups excluding carboxylic acids is 3. The maximum atomic E-state index is 12.1. The molecule has 2 aromatic carbocycles. The molecule has 0 heterocycles. The van der Waals surface area contributed by atoms with E-state index in [-0.39, 0.29) is 0 Å². The average molecular weight is 390 g/mol. The predicted molar refractivity (Wildman–Crippen MR) is 104 cm³/mol. The number of rotatable bonds is 6. The van der Waals surface area contributed by atoms with Gasteiger partial charge in [-0.25, -0.2) is 9.59 Å². The number of urea groups is 1. The molecule has 0 aromatic heterocycles. The van der Waals surface area contributed by atoms with Crippen molar-refractivity contribution in [2.24, 2.45) is 0 Å². The Morgan fingerprint density at radius 2 is 1.56 bits per heavy atom. The summed E-state index contributed by atoms with van der Waals surface area (Å²) >= 11 is 5.98. The Bertz CT molecular complexity index is 814. The van der Waals surface area contributed by atoms with Gasteiger partial charge < -0.3 is 20.7 Å². The lowest BCUT2D eigenvalue weighted by molar-refractivity contribution is -0.154. The van der Waals surface area contributed by atoms with Crippen LogP contribution in [0.1, 0.15) is 13.8 Å². The fourth-order valence-corrected chi connectivity index (χ4v) is 2.25. The Hall–Kier alpha value is -3.06. The molecule has 0 unspecified atom stereocenters. The molecule has 2 rings (SSSR count). The lowest BCUT2D eigenvalue weighted by Crippen LogP contribution is -2.44. The lowest BCUT2D eigenvalue weighted by Gasteiger charge is -2.18. The van der Waals surface area contributed by atoms with Crippen molar-refractivity contribution in [3.05, 3.63) is 59.6 Å². The average Bonchev–Trinajstić information content (AvgIpc) is 2.64. The monoisotopic (exact) mass is 389 g/mol. The first kappa shape index (κ1) is 20.3. The van der Waals surface area contributed by atoms with Crippen LogP contribution in [0.5, 0.6) is 0 Å². The molecule has 0 fully saturated rings. The van der Waals surface area contributed by atoms with Crippen LogP contribution >= 0.6 is 11.6 Å². The molecule has 0 radical (unpaired) electrons. The third kappa shape index (κ3) is 6.31. The number of hydrogen-bond acceptors (Lipinski definition) is 4. The summed E-state index contributed by atoms with van der Waals surface area (Å²) in [5.74, 6) is -1.27. The topological polar surface area (TPSA) is 96.5 Å². The van der Waals surface area contributed by atoms with Gasteiger partial charge in [0.15, 0.2) is 6.10 Å². The molecular formula is C19H20ClN3O4. The Balaban J connectivity index is 1.83. The molecule has 3 amide bonds. The number of nitrogens with one attached hydrogen (secondary N) is 3. The summed E-state index contributed by atoms with van der Waals surface area (Å²) in [6.07, 6.45) is -1.06. The van der Waals surface area contributed by atoms with Crippen LogP contribution in [0.25, 0.3) is 0 Å². The number of halogens is 1. The van der Waals surface area contributed by atoms with Crippen molar-refractivity contribution in [3.8, 4) is 0 Å². The third-order valence-electron chi connectivity index (χ3n) is 3.53. The first-order valence-corrected chi connectivity index (χ1v) is 8.63. The van der Waals surface area contributed by atoms with Crippen molar-refractivity contribution in [2.75, 3.05) is 10.6 Å². The number of benzene rings is 2. The highest BCUT2D eigenvalue weighted by Crippen LogP contribution is 2.20. The first-order chi connectivity index (χ1) is 12.9. The molecule has 0 bridgehead atoms. The van der Waals surface area contributed by atoms with E-state index in [9.17, 15) is 14.4 Å². The summed E-state index contributed by atoms with van der Waals surface area (Å²) in [6, 6.07) is 14.0. The van der Waals surface area contributed by atoms with Crippen LogP contribution in [-0.4, -0.2) is 30.1 Å². The van der Waals surface area contributed by atoms with Gasteiger partial charge in [0.2, 0.25) is 0 Å². The molecule has 2 atom stereocenters. The molecule has 0 aliphatic heterocycles. The van der Waals surface area contributed by atoms with E-state index in [1.807, 2.05) is 6.07 Å². The summed E-state index contributed by atoms with van der Waals surface area (Å²) in [7, 11) is 0. The molecule has 0 saturated carbocycles. The van der Waals surface area contributed by atoms with E-state index in [0.29, 0.717) is 16.4 Å². The summed E-state index contributed by atoms with van der Waals surface area (Å²) in [5, 5.41) is 8.00. The van der Waals surface area contributed by atoms with E-state index in [2.05, 4.69) is 16.0 Å². The van der Waals surface area contributed by atoms with Gasteiger partial charge in [-0.3, -0.25) is 4.79 Å². The zero-order valence-electron chi connectivity index (χ0n) is 14.9. The van der Waals surface area contributed by atoms with Crippen LogP contribution in [0.4, 0.5) is 16.2 Å². The molecule has 0 spiro atoms. The Kier molecular flexibility index (Phi) is 7.19. The van der Waals surface area contributed by atoms with Crippen molar-refractivity contribution in [2.45, 2.75) is 26.0 Å². The van der Waals surface area contributed by atoms with Crippen LogP contribution in [0.2, 0.25) is 5.02 Å². The number of anilines is 2. The van der Waals surface area contributed by atoms with Gasteiger partial charge in [0.25, 0.3) is 5.91 Å². The molecule has 0 aliphatic rings. The van der Waals surface area contributed by atoms with Gasteiger partial charge in [-0.15, -0.1) is 0 Å². The molecule has 2 aromatic rings. The summed E-state index contributed by atoms with van der Waals surface area (Å²) in [4.78, 5) is 36.1. The highest BCUT2D eigenvalue weighted by Gasteiger charge is 2.23. The second kappa shape index (κ2) is 9.59. The second-order valence-corrected chi connectivity index (χ2v) is 6.14. The number of esters is 1. The van der Waals surface area contributed by atoms with Crippen molar-refractivity contribution in [1.82, 2.24) is 5.32 Å². The quantitative estimate of drug-likeness (QED) is 0.659. The van der Waals surface area contributed by atoms with Crippen LogP contribution in [0.3, 0.4) is 0 Å². The molecule has 7 nitrogen and oxygen atoms in total. The minimum Gasteiger partial charge on any atom is -0.451 e. The number of hydrogen-bond donors (Lipinski definition) is 3. The zero-order valence-corrected chi connectivity index (χ0v) is 15.6. The second-order valence-electron chi connectivity index (χ2n) is 5.73. The number of amides is 3. The van der Waals surface area contributed by atoms with E-state index >= 15 is 0 Å². The molecular weight excluding hydrogens is 370 g/mol. The molecule has 0 aliphatic carbocycles. The van der Waals surface area contributed by atoms with Gasteiger partial charge in [0, 0.05) is 5.69 Å². The summed E-state index contributed by atoms with van der Waals surface area (Å²) < 4.78 is 5.10. The van der Waals surface area contributed by atoms with Gasteiger partial charge in [-0.05, 0) is 38.1 Å². The van der Waals surface area contributed by atoms with Crippen molar-refractivity contribution >= 4 is 40.9 Å². The Morgan fingerprint density at radius 3 is 2.22 bits per heavy atom. The van der Waals surface area contributed by atoms with Gasteiger partial charge in [0.1, 0.15) is 6.04 Å². The number of para-hydroxylation sites is 2. The van der Waals surface area contributed by atoms with Crippen LogP contribution < -0.4 is 16.0 Å². The zero-order chi connectivity index (χ0) is 19.8. The van der Waals surface area contributed by atoms with E-state index in [1.54, 1.807) is 48.5 Å². The Morgan fingerprint density at radius 1 is 0.926 bits per heavy atom. The largest absolute Gasteiger partial charge is 0.451 e. The van der Waals surface area contributed by atoms with Gasteiger partial charge >= 0.3 is 12.0 Å². The van der Waals surface area contributed by atoms with Crippen molar-refractivity contribution < 1.29 is 19.1 Å². The fourth-order valence-electron chi connectivity index (χ4n) is 2.07. The molecule has 142 valence electrons. The highest BCUT2D eigenvalue weighted by atomic mass is 35.5. The summed E-state index contributed by atoms with van der Waals surface area (Å²) in [5.41, 5.74) is 1.00. The van der Waals surface area contributed by atoms with Gasteiger partial charge in [-0.1, -0.05) is 41.9 Å². The summed E-state index contributed by atoms with van der Waals surface area (Å²) in [6.45, 7) is 2.90. The smallest absolute Gasteiger partial charge is 0.329 e. The minimum atomic E-state index is -1.06. The SMILES string of the molecule is C[C@H](NC(=O)Nc1ccccc1)C(=O)O[C@H](C)C(=O)Nc1ccccc1Cl. The lowest BCUT2D eigenvalue weighted by atomic mass is 10.3. The highest BCUT2D eigenvalue weighted by molar-refractivity contribution is 6.33. The van der Waals surface area contributed by atoms with E-state index in [1.165, 1.54) is 13.8 Å². The molecule has 3 N–H and O–H groups in total. The van der Waals surface area contributed by atoms with Crippen LogP contribution in [0.15, 0.2) is 54.6 Å². The first-order valence-electron chi connectivity index (χ1n) is 8.25. The van der Waals surface area contributed by atoms with E-state index in [4.69, 9.17) is 16.3 Å². The standard InChI is InChI=1S/C19H20ClN3O4/c1-12(21-19(26)22-14-8-4-3-5-9-14)18(25)27-13(2)17(24)23-16-11-7-6-10-15(16)20/h3-13H,1-2H3,(H,23,24)(H2,21,22,26)/t12-,13+/m0/s1.